The zero-order valence-electron chi connectivity index (χ0n) is 7.14. The lowest BCUT2D eigenvalue weighted by Gasteiger charge is -2.21. The Morgan fingerprint density at radius 2 is 1.27 bits per heavy atom. The van der Waals surface area contributed by atoms with Crippen LogP contribution in [0, 0.1) is 5.41 Å². The topological polar surface area (TPSA) is 24.1 Å². The van der Waals surface area contributed by atoms with Crippen LogP contribution in [0.5, 0.6) is 0 Å². The molecule has 0 unspecified atom stereocenters. The summed E-state index contributed by atoms with van der Waals surface area (Å²) in [5.74, 6) is 0. The molecule has 4 heteroatoms. The quantitative estimate of drug-likeness (QED) is 0.612. The van der Waals surface area contributed by atoms with Crippen LogP contribution in [0.15, 0.2) is 0 Å². The minimum absolute atomic E-state index is 0. The first kappa shape index (κ1) is 14.0. The van der Waals surface area contributed by atoms with Crippen molar-refractivity contribution in [2.24, 2.45) is 5.41 Å². The highest BCUT2D eigenvalue weighted by Crippen LogP contribution is 2.11. The van der Waals surface area contributed by atoms with Gasteiger partial charge in [-0.2, -0.15) is 0 Å². The summed E-state index contributed by atoms with van der Waals surface area (Å²) in [6.45, 7) is 9.06. The third kappa shape index (κ3) is 5.74. The van der Waals surface area contributed by atoms with E-state index in [2.05, 4.69) is 24.5 Å². The maximum Gasteiger partial charge on any atom is 0.00769 e. The summed E-state index contributed by atoms with van der Waals surface area (Å²) in [5, 5.41) is 6.75. The van der Waals surface area contributed by atoms with Gasteiger partial charge in [-0.3, -0.25) is 0 Å². The zero-order valence-corrected chi connectivity index (χ0v) is 8.78. The third-order valence-electron chi connectivity index (χ3n) is 1.69. The van der Waals surface area contributed by atoms with E-state index in [1.54, 1.807) is 0 Å². The van der Waals surface area contributed by atoms with Crippen molar-refractivity contribution in [3.05, 3.63) is 0 Å². The van der Waals surface area contributed by atoms with Crippen molar-refractivity contribution in [2.45, 2.75) is 13.8 Å². The maximum atomic E-state index is 3.38. The minimum Gasteiger partial charge on any atom is -0.315 e. The van der Waals surface area contributed by atoms with Crippen LogP contribution in [0.3, 0.4) is 0 Å². The van der Waals surface area contributed by atoms with Crippen molar-refractivity contribution in [2.75, 3.05) is 26.2 Å². The third-order valence-corrected chi connectivity index (χ3v) is 1.69. The predicted molar refractivity (Wildman–Crippen MR) is 54.0 cm³/mol. The molecule has 70 valence electrons. The molecule has 0 saturated carbocycles. The molecule has 0 amide bonds. The molecule has 0 radical (unpaired) electrons. The van der Waals surface area contributed by atoms with E-state index in [1.807, 2.05) is 0 Å². The van der Waals surface area contributed by atoms with Crippen LogP contribution < -0.4 is 10.6 Å². The van der Waals surface area contributed by atoms with Crippen LogP contribution in [-0.2, 0) is 0 Å². The highest BCUT2D eigenvalue weighted by atomic mass is 35.5. The lowest BCUT2D eigenvalue weighted by atomic mass is 9.94. The first-order valence-electron chi connectivity index (χ1n) is 3.62. The number of rotatable bonds is 0. The van der Waals surface area contributed by atoms with Crippen molar-refractivity contribution in [3.63, 3.8) is 0 Å². The first-order valence-corrected chi connectivity index (χ1v) is 3.62. The molecule has 2 nitrogen and oxygen atoms in total. The van der Waals surface area contributed by atoms with Gasteiger partial charge >= 0.3 is 0 Å². The Morgan fingerprint density at radius 1 is 0.909 bits per heavy atom. The molecule has 1 aliphatic rings. The molecule has 1 heterocycles. The molecule has 1 fully saturated rings. The average molecular weight is 201 g/mol. The van der Waals surface area contributed by atoms with Crippen molar-refractivity contribution in [1.29, 1.82) is 0 Å². The fourth-order valence-corrected chi connectivity index (χ4v) is 1.09. The number of hydrogen-bond donors (Lipinski definition) is 2. The minimum atomic E-state index is 0. The lowest BCUT2D eigenvalue weighted by Crippen LogP contribution is -2.31. The van der Waals surface area contributed by atoms with E-state index in [0.29, 0.717) is 5.41 Å². The summed E-state index contributed by atoms with van der Waals surface area (Å²) in [4.78, 5) is 0. The van der Waals surface area contributed by atoms with Gasteiger partial charge in [0, 0.05) is 26.2 Å². The molecule has 2 N–H and O–H groups in total. The molecule has 0 aromatic carbocycles. The molecule has 1 saturated heterocycles. The van der Waals surface area contributed by atoms with Gasteiger partial charge < -0.3 is 10.6 Å². The van der Waals surface area contributed by atoms with Crippen molar-refractivity contribution >= 4 is 24.8 Å². The summed E-state index contributed by atoms with van der Waals surface area (Å²) in [6.07, 6.45) is 0. The maximum absolute atomic E-state index is 3.38. The second kappa shape index (κ2) is 6.06. The lowest BCUT2D eigenvalue weighted by molar-refractivity contribution is 0.356. The monoisotopic (exact) mass is 200 g/mol. The zero-order chi connectivity index (χ0) is 6.74. The summed E-state index contributed by atoms with van der Waals surface area (Å²) < 4.78 is 0. The molecule has 1 aliphatic heterocycles. The molecule has 0 bridgehead atoms. The van der Waals surface area contributed by atoms with E-state index >= 15 is 0 Å². The first-order chi connectivity index (χ1) is 4.21. The molecule has 0 aromatic rings. The summed E-state index contributed by atoms with van der Waals surface area (Å²) in [5.41, 5.74) is 0.441. The fraction of sp³-hybridized carbons (Fsp3) is 1.00. The van der Waals surface area contributed by atoms with Crippen LogP contribution in [0.25, 0.3) is 0 Å². The largest absolute Gasteiger partial charge is 0.315 e. The van der Waals surface area contributed by atoms with Gasteiger partial charge in [-0.1, -0.05) is 13.8 Å². The van der Waals surface area contributed by atoms with Gasteiger partial charge in [-0.25, -0.2) is 0 Å². The van der Waals surface area contributed by atoms with Crippen LogP contribution in [-0.4, -0.2) is 26.2 Å². The standard InChI is InChI=1S/C7H16N2.2ClH/c1-7(2)5-8-3-4-9-6-7;;/h8-9H,3-6H2,1-2H3;2*1H. The summed E-state index contributed by atoms with van der Waals surface area (Å²) in [6, 6.07) is 0. The number of nitrogens with one attached hydrogen (secondary N) is 2. The van der Waals surface area contributed by atoms with E-state index < -0.39 is 0 Å². The number of hydrogen-bond acceptors (Lipinski definition) is 2. The summed E-state index contributed by atoms with van der Waals surface area (Å²) >= 11 is 0. The van der Waals surface area contributed by atoms with Gasteiger partial charge in [0.05, 0.1) is 0 Å². The number of halogens is 2. The van der Waals surface area contributed by atoms with Gasteiger partial charge in [0.2, 0.25) is 0 Å². The van der Waals surface area contributed by atoms with Gasteiger partial charge in [0.15, 0.2) is 0 Å². The Hall–Kier alpha value is 0.500. The second-order valence-corrected chi connectivity index (χ2v) is 3.52. The Kier molecular flexibility index (Phi) is 7.75. The molecule has 0 aliphatic carbocycles. The van der Waals surface area contributed by atoms with Gasteiger partial charge in [-0.05, 0) is 5.41 Å². The highest BCUT2D eigenvalue weighted by molar-refractivity contribution is 5.85. The van der Waals surface area contributed by atoms with Crippen LogP contribution >= 0.6 is 24.8 Å². The Bertz CT molecular complexity index is 86.4. The van der Waals surface area contributed by atoms with E-state index in [0.717, 1.165) is 26.2 Å². The van der Waals surface area contributed by atoms with Crippen LogP contribution in [0.4, 0.5) is 0 Å². The molecule has 11 heavy (non-hydrogen) atoms. The molecule has 1 rings (SSSR count). The normalized spacial score (nSPS) is 22.4. The van der Waals surface area contributed by atoms with Crippen molar-refractivity contribution in [3.8, 4) is 0 Å². The molecular formula is C7H18Cl2N2. The van der Waals surface area contributed by atoms with Gasteiger partial charge in [0.25, 0.3) is 0 Å². The highest BCUT2D eigenvalue weighted by Gasteiger charge is 2.18. The van der Waals surface area contributed by atoms with Crippen molar-refractivity contribution in [1.82, 2.24) is 10.6 Å². The smallest absolute Gasteiger partial charge is 0.00769 e. The van der Waals surface area contributed by atoms with Gasteiger partial charge in [-0.15, -0.1) is 24.8 Å². The Balaban J connectivity index is 0. The SMILES string of the molecule is CC1(C)CNCCNC1.Cl.Cl. The molecule has 0 aromatic heterocycles. The van der Waals surface area contributed by atoms with E-state index in [-0.39, 0.29) is 24.8 Å². The summed E-state index contributed by atoms with van der Waals surface area (Å²) in [7, 11) is 0. The molecular weight excluding hydrogens is 183 g/mol. The van der Waals surface area contributed by atoms with Crippen LogP contribution in [0.1, 0.15) is 13.8 Å². The van der Waals surface area contributed by atoms with E-state index in [1.165, 1.54) is 0 Å². The molecule has 0 atom stereocenters. The van der Waals surface area contributed by atoms with Gasteiger partial charge in [0.1, 0.15) is 0 Å². The average Bonchev–Trinajstić information content (AvgIpc) is 1.92. The molecule has 0 spiro atoms. The fourth-order valence-electron chi connectivity index (χ4n) is 1.09. The Labute approximate surface area is 81.3 Å². The van der Waals surface area contributed by atoms with Crippen LogP contribution in [0.2, 0.25) is 0 Å². The van der Waals surface area contributed by atoms with E-state index in [4.69, 9.17) is 0 Å². The predicted octanol–water partition coefficient (Wildman–Crippen LogP) is 1.05. The second-order valence-electron chi connectivity index (χ2n) is 3.52. The van der Waals surface area contributed by atoms with E-state index in [9.17, 15) is 0 Å². The Morgan fingerprint density at radius 3 is 1.64 bits per heavy atom. The van der Waals surface area contributed by atoms with Crippen molar-refractivity contribution < 1.29 is 0 Å².